The molecule has 2 aromatic rings. The summed E-state index contributed by atoms with van der Waals surface area (Å²) < 4.78 is 5.35. The smallest absolute Gasteiger partial charge is 0.266 e. The largest absolute Gasteiger partial charge is 0.378 e. The molecular formula is C21H18N4O2. The third-order valence-electron chi connectivity index (χ3n) is 4.22. The van der Waals surface area contributed by atoms with Crippen molar-refractivity contribution in [2.45, 2.75) is 0 Å². The SMILES string of the molecule is N#C/C(=C/c1ccc(C#N)cc1)C(=O)Nc1ccc(N2CCOCC2)cc1. The molecule has 0 aromatic heterocycles. The number of benzene rings is 2. The second-order valence-corrected chi connectivity index (χ2v) is 6.00. The highest BCUT2D eigenvalue weighted by atomic mass is 16.5. The summed E-state index contributed by atoms with van der Waals surface area (Å²) >= 11 is 0. The molecule has 6 heteroatoms. The Kier molecular flexibility index (Phi) is 5.84. The molecule has 134 valence electrons. The van der Waals surface area contributed by atoms with Gasteiger partial charge in [-0.15, -0.1) is 0 Å². The molecule has 6 nitrogen and oxygen atoms in total. The van der Waals surface area contributed by atoms with Crippen molar-refractivity contribution in [2.24, 2.45) is 0 Å². The van der Waals surface area contributed by atoms with Gasteiger partial charge in [-0.3, -0.25) is 4.79 Å². The number of nitriles is 2. The Morgan fingerprint density at radius 3 is 2.30 bits per heavy atom. The lowest BCUT2D eigenvalue weighted by molar-refractivity contribution is -0.112. The van der Waals surface area contributed by atoms with Crippen molar-refractivity contribution < 1.29 is 9.53 Å². The predicted octanol–water partition coefficient (Wildman–Crippen LogP) is 2.94. The normalized spacial score (nSPS) is 14.1. The van der Waals surface area contributed by atoms with Crippen LogP contribution < -0.4 is 10.2 Å². The Morgan fingerprint density at radius 2 is 1.70 bits per heavy atom. The van der Waals surface area contributed by atoms with Crippen LogP contribution in [0.25, 0.3) is 6.08 Å². The van der Waals surface area contributed by atoms with Crippen LogP contribution in [0.3, 0.4) is 0 Å². The van der Waals surface area contributed by atoms with Gasteiger partial charge in [0.25, 0.3) is 5.91 Å². The first kappa shape index (κ1) is 18.2. The van der Waals surface area contributed by atoms with E-state index in [2.05, 4.69) is 10.2 Å². The number of hydrogen-bond donors (Lipinski definition) is 1. The second kappa shape index (κ2) is 8.66. The van der Waals surface area contributed by atoms with Crippen LogP contribution in [0.4, 0.5) is 11.4 Å². The fourth-order valence-electron chi connectivity index (χ4n) is 2.74. The molecule has 0 aliphatic carbocycles. The molecule has 0 atom stereocenters. The van der Waals surface area contributed by atoms with Gasteiger partial charge in [0.1, 0.15) is 11.6 Å². The topological polar surface area (TPSA) is 89.2 Å². The highest BCUT2D eigenvalue weighted by molar-refractivity contribution is 6.09. The summed E-state index contributed by atoms with van der Waals surface area (Å²) in [6.07, 6.45) is 1.50. The van der Waals surface area contributed by atoms with Crippen LogP contribution in [-0.4, -0.2) is 32.2 Å². The Bertz CT molecular complexity index is 913. The molecule has 3 rings (SSSR count). The number of amides is 1. The van der Waals surface area contributed by atoms with Crippen LogP contribution in [0.1, 0.15) is 11.1 Å². The third-order valence-corrected chi connectivity index (χ3v) is 4.22. The van der Waals surface area contributed by atoms with Gasteiger partial charge in [0.05, 0.1) is 24.8 Å². The van der Waals surface area contributed by atoms with Crippen LogP contribution in [0, 0.1) is 22.7 Å². The van der Waals surface area contributed by atoms with Crippen LogP contribution in [0.5, 0.6) is 0 Å². The zero-order valence-electron chi connectivity index (χ0n) is 14.7. The molecule has 1 N–H and O–H groups in total. The zero-order valence-corrected chi connectivity index (χ0v) is 14.7. The number of hydrogen-bond acceptors (Lipinski definition) is 5. The van der Waals surface area contributed by atoms with Gasteiger partial charge in [-0.2, -0.15) is 10.5 Å². The van der Waals surface area contributed by atoms with Crippen molar-refractivity contribution >= 4 is 23.4 Å². The van der Waals surface area contributed by atoms with E-state index >= 15 is 0 Å². The first-order chi connectivity index (χ1) is 13.2. The molecule has 2 aromatic carbocycles. The lowest BCUT2D eigenvalue weighted by Gasteiger charge is -2.28. The number of morpholine rings is 1. The number of nitrogens with one attached hydrogen (secondary N) is 1. The summed E-state index contributed by atoms with van der Waals surface area (Å²) in [7, 11) is 0. The number of carbonyl (C=O) groups excluding carboxylic acids is 1. The third kappa shape index (κ3) is 4.72. The van der Waals surface area contributed by atoms with Gasteiger partial charge in [0, 0.05) is 24.5 Å². The van der Waals surface area contributed by atoms with Gasteiger partial charge in [-0.25, -0.2) is 0 Å². The average Bonchev–Trinajstić information content (AvgIpc) is 2.73. The Labute approximate surface area is 157 Å². The maximum absolute atomic E-state index is 12.4. The van der Waals surface area contributed by atoms with E-state index in [1.807, 2.05) is 36.4 Å². The van der Waals surface area contributed by atoms with Crippen LogP contribution in [-0.2, 0) is 9.53 Å². The number of carbonyl (C=O) groups is 1. The van der Waals surface area contributed by atoms with Crippen molar-refractivity contribution in [3.8, 4) is 12.1 Å². The maximum atomic E-state index is 12.4. The second-order valence-electron chi connectivity index (χ2n) is 6.00. The van der Waals surface area contributed by atoms with Crippen molar-refractivity contribution in [2.75, 3.05) is 36.5 Å². The van der Waals surface area contributed by atoms with Crippen LogP contribution in [0.15, 0.2) is 54.1 Å². The minimum Gasteiger partial charge on any atom is -0.378 e. The standard InChI is InChI=1S/C21H18N4O2/c22-14-17-3-1-16(2-4-17)13-18(15-23)21(26)24-19-5-7-20(8-6-19)25-9-11-27-12-10-25/h1-8,13H,9-12H2,(H,24,26)/b18-13-. The van der Waals surface area contributed by atoms with Gasteiger partial charge >= 0.3 is 0 Å². The molecule has 1 aliphatic rings. The zero-order chi connectivity index (χ0) is 19.1. The van der Waals surface area contributed by atoms with E-state index in [9.17, 15) is 10.1 Å². The lowest BCUT2D eigenvalue weighted by atomic mass is 10.1. The van der Waals surface area contributed by atoms with Crippen LogP contribution in [0.2, 0.25) is 0 Å². The van der Waals surface area contributed by atoms with E-state index in [4.69, 9.17) is 10.00 Å². The number of anilines is 2. The van der Waals surface area contributed by atoms with E-state index in [0.717, 1.165) is 18.8 Å². The van der Waals surface area contributed by atoms with E-state index in [-0.39, 0.29) is 5.57 Å². The first-order valence-corrected chi connectivity index (χ1v) is 8.55. The molecular weight excluding hydrogens is 340 g/mol. The molecule has 0 bridgehead atoms. The Balaban J connectivity index is 1.68. The Morgan fingerprint density at radius 1 is 1.04 bits per heavy atom. The predicted molar refractivity (Wildman–Crippen MR) is 103 cm³/mol. The molecule has 1 heterocycles. The van der Waals surface area contributed by atoms with E-state index in [0.29, 0.717) is 30.0 Å². The molecule has 1 fully saturated rings. The monoisotopic (exact) mass is 358 g/mol. The molecule has 1 aliphatic heterocycles. The summed E-state index contributed by atoms with van der Waals surface area (Å²) in [5, 5.41) is 20.9. The quantitative estimate of drug-likeness (QED) is 0.670. The lowest BCUT2D eigenvalue weighted by Crippen LogP contribution is -2.36. The maximum Gasteiger partial charge on any atom is 0.266 e. The van der Waals surface area contributed by atoms with Crippen molar-refractivity contribution in [1.82, 2.24) is 0 Å². The van der Waals surface area contributed by atoms with E-state index in [1.165, 1.54) is 6.08 Å². The minimum absolute atomic E-state index is 0.00281. The molecule has 0 saturated carbocycles. The van der Waals surface area contributed by atoms with Gasteiger partial charge in [-0.1, -0.05) is 12.1 Å². The number of ether oxygens (including phenoxy) is 1. The summed E-state index contributed by atoms with van der Waals surface area (Å²) in [5.74, 6) is -0.471. The van der Waals surface area contributed by atoms with Crippen molar-refractivity contribution in [3.63, 3.8) is 0 Å². The molecule has 0 radical (unpaired) electrons. The fraction of sp³-hybridized carbons (Fsp3) is 0.190. The molecule has 1 amide bonds. The number of nitrogens with zero attached hydrogens (tertiary/aromatic N) is 3. The molecule has 0 unspecified atom stereocenters. The van der Waals surface area contributed by atoms with Gasteiger partial charge < -0.3 is 15.0 Å². The fourth-order valence-corrected chi connectivity index (χ4v) is 2.74. The van der Waals surface area contributed by atoms with Crippen molar-refractivity contribution in [1.29, 1.82) is 10.5 Å². The highest BCUT2D eigenvalue weighted by Gasteiger charge is 2.12. The average molecular weight is 358 g/mol. The van der Waals surface area contributed by atoms with Crippen molar-refractivity contribution in [3.05, 3.63) is 65.2 Å². The number of rotatable bonds is 4. The minimum atomic E-state index is -0.471. The highest BCUT2D eigenvalue weighted by Crippen LogP contribution is 2.19. The van der Waals surface area contributed by atoms with E-state index in [1.54, 1.807) is 24.3 Å². The summed E-state index contributed by atoms with van der Waals surface area (Å²) in [6, 6.07) is 18.1. The summed E-state index contributed by atoms with van der Waals surface area (Å²) in [5.41, 5.74) is 2.90. The van der Waals surface area contributed by atoms with Gasteiger partial charge in [-0.05, 0) is 48.0 Å². The van der Waals surface area contributed by atoms with Gasteiger partial charge in [0.15, 0.2) is 0 Å². The van der Waals surface area contributed by atoms with E-state index < -0.39 is 5.91 Å². The van der Waals surface area contributed by atoms with Gasteiger partial charge in [0.2, 0.25) is 0 Å². The Hall–Kier alpha value is -3.61. The molecule has 27 heavy (non-hydrogen) atoms. The molecule has 0 spiro atoms. The van der Waals surface area contributed by atoms with Crippen LogP contribution >= 0.6 is 0 Å². The summed E-state index contributed by atoms with van der Waals surface area (Å²) in [4.78, 5) is 14.6. The summed E-state index contributed by atoms with van der Waals surface area (Å²) in [6.45, 7) is 3.11. The first-order valence-electron chi connectivity index (χ1n) is 8.55. The molecule has 1 saturated heterocycles.